The molecule has 1 aromatic heterocycles. The van der Waals surface area contributed by atoms with E-state index >= 15 is 0 Å². The Hall–Kier alpha value is -5.78. The molecule has 0 saturated heterocycles. The molecule has 2 aliphatic rings. The number of hydrogen-bond donors (Lipinski definition) is 0. The van der Waals surface area contributed by atoms with E-state index in [9.17, 15) is 5.26 Å². The molecular formula is C41H24N2. The van der Waals surface area contributed by atoms with Gasteiger partial charge in [0, 0.05) is 6.20 Å². The topological polar surface area (TPSA) is 36.7 Å². The van der Waals surface area contributed by atoms with Crippen LogP contribution in [0.25, 0.3) is 55.3 Å². The fourth-order valence-electron chi connectivity index (χ4n) is 7.73. The third-order valence-corrected chi connectivity index (χ3v) is 9.38. The molecule has 2 nitrogen and oxygen atoms in total. The average molecular weight is 545 g/mol. The smallest absolute Gasteiger partial charge is 0.141 e. The van der Waals surface area contributed by atoms with Gasteiger partial charge in [-0.2, -0.15) is 5.26 Å². The molecule has 9 rings (SSSR count). The van der Waals surface area contributed by atoms with Gasteiger partial charge in [-0.25, -0.2) is 4.98 Å². The molecule has 1 spiro atoms. The second-order valence-corrected chi connectivity index (χ2v) is 11.4. The Morgan fingerprint density at radius 1 is 0.465 bits per heavy atom. The van der Waals surface area contributed by atoms with Gasteiger partial charge in [-0.05, 0) is 102 Å². The Morgan fingerprint density at radius 3 is 1.77 bits per heavy atom. The van der Waals surface area contributed by atoms with Gasteiger partial charge in [0.2, 0.25) is 0 Å². The normalized spacial score (nSPS) is 13.3. The number of aromatic nitrogens is 1. The number of fused-ring (bicyclic) bond motifs is 12. The van der Waals surface area contributed by atoms with Crippen LogP contribution in [0.5, 0.6) is 0 Å². The number of benzene rings is 6. The van der Waals surface area contributed by atoms with Crippen LogP contribution in [0.3, 0.4) is 0 Å². The van der Waals surface area contributed by atoms with Crippen molar-refractivity contribution in [3.05, 3.63) is 174 Å². The molecule has 0 atom stereocenters. The van der Waals surface area contributed by atoms with E-state index in [0.717, 1.165) is 16.7 Å². The molecule has 43 heavy (non-hydrogen) atoms. The van der Waals surface area contributed by atoms with Crippen molar-refractivity contribution in [1.82, 2.24) is 4.98 Å². The molecule has 2 aliphatic carbocycles. The van der Waals surface area contributed by atoms with Crippen LogP contribution < -0.4 is 0 Å². The molecule has 2 heteroatoms. The monoisotopic (exact) mass is 544 g/mol. The molecule has 0 unspecified atom stereocenters. The van der Waals surface area contributed by atoms with E-state index in [0.29, 0.717) is 5.69 Å². The van der Waals surface area contributed by atoms with Crippen molar-refractivity contribution >= 4 is 10.8 Å². The lowest BCUT2D eigenvalue weighted by Crippen LogP contribution is -2.25. The SMILES string of the molecule is N#Cc1cc(-c2cccc(-c3cc4c(c5ccccc35)-c3ccccc3C43c4ccccc4-c4ccccc43)c2)ccn1. The van der Waals surface area contributed by atoms with Crippen LogP contribution in [0.15, 0.2) is 146 Å². The predicted molar refractivity (Wildman–Crippen MR) is 174 cm³/mol. The largest absolute Gasteiger partial charge is 0.246 e. The lowest BCUT2D eigenvalue weighted by molar-refractivity contribution is 0.794. The number of nitriles is 1. The molecule has 0 saturated carbocycles. The summed E-state index contributed by atoms with van der Waals surface area (Å²) in [6.45, 7) is 0. The standard InChI is InChI=1S/C41H24N2/c42-25-29-23-27(20-21-43-29)26-10-9-11-28(22-26)35-24-39-40(33-15-2-1-12-30(33)35)34-16-5-8-19-38(34)41(39)36-17-6-3-13-31(36)32-14-4-7-18-37(32)41/h1-24H. The van der Waals surface area contributed by atoms with Crippen LogP contribution in [0.4, 0.5) is 0 Å². The van der Waals surface area contributed by atoms with Crippen molar-refractivity contribution in [2.24, 2.45) is 0 Å². The molecule has 7 aromatic rings. The summed E-state index contributed by atoms with van der Waals surface area (Å²) in [4.78, 5) is 4.18. The molecule has 1 heterocycles. The van der Waals surface area contributed by atoms with Crippen molar-refractivity contribution in [3.8, 4) is 50.6 Å². The number of hydrogen-bond acceptors (Lipinski definition) is 2. The maximum atomic E-state index is 9.45. The Morgan fingerprint density at radius 2 is 1.05 bits per heavy atom. The number of rotatable bonds is 2. The summed E-state index contributed by atoms with van der Waals surface area (Å²) in [7, 11) is 0. The summed E-state index contributed by atoms with van der Waals surface area (Å²) < 4.78 is 0. The Bertz CT molecular complexity index is 2280. The maximum Gasteiger partial charge on any atom is 0.141 e. The molecule has 0 bridgehead atoms. The van der Waals surface area contributed by atoms with Crippen LogP contribution in [0, 0.1) is 11.3 Å². The van der Waals surface area contributed by atoms with Gasteiger partial charge in [0.25, 0.3) is 0 Å². The lowest BCUT2D eigenvalue weighted by Gasteiger charge is -2.31. The number of nitrogens with zero attached hydrogens (tertiary/aromatic N) is 2. The quantitative estimate of drug-likeness (QED) is 0.217. The van der Waals surface area contributed by atoms with Gasteiger partial charge in [0.1, 0.15) is 11.8 Å². The lowest BCUT2D eigenvalue weighted by atomic mass is 9.70. The molecule has 6 aromatic carbocycles. The summed E-state index contributed by atoms with van der Waals surface area (Å²) in [6.07, 6.45) is 1.71. The van der Waals surface area contributed by atoms with Crippen LogP contribution >= 0.6 is 0 Å². The van der Waals surface area contributed by atoms with Gasteiger partial charge in [0.05, 0.1) is 5.41 Å². The first-order chi connectivity index (χ1) is 21.3. The van der Waals surface area contributed by atoms with E-state index in [1.54, 1.807) is 6.20 Å². The van der Waals surface area contributed by atoms with Crippen molar-refractivity contribution < 1.29 is 0 Å². The Balaban J connectivity index is 1.40. The molecule has 198 valence electrons. The van der Waals surface area contributed by atoms with Crippen molar-refractivity contribution in [2.45, 2.75) is 5.41 Å². The summed E-state index contributed by atoms with van der Waals surface area (Å²) in [5.41, 5.74) is 15.1. The summed E-state index contributed by atoms with van der Waals surface area (Å²) in [5, 5.41) is 12.0. The maximum absolute atomic E-state index is 9.45. The summed E-state index contributed by atoms with van der Waals surface area (Å²) in [6, 6.07) is 52.9. The minimum absolute atomic E-state index is 0.400. The van der Waals surface area contributed by atoms with E-state index in [1.165, 1.54) is 60.8 Å². The second kappa shape index (κ2) is 8.86. The molecule has 0 amide bonds. The van der Waals surface area contributed by atoms with Crippen LogP contribution in [-0.4, -0.2) is 4.98 Å². The fraction of sp³-hybridized carbons (Fsp3) is 0.0244. The third-order valence-electron chi connectivity index (χ3n) is 9.38. The van der Waals surface area contributed by atoms with Gasteiger partial charge >= 0.3 is 0 Å². The first-order valence-corrected chi connectivity index (χ1v) is 14.6. The predicted octanol–water partition coefficient (Wildman–Crippen LogP) is 9.78. The fourth-order valence-corrected chi connectivity index (χ4v) is 7.73. The average Bonchev–Trinajstić information content (AvgIpc) is 3.55. The minimum Gasteiger partial charge on any atom is -0.246 e. The molecule has 0 N–H and O–H groups in total. The highest BCUT2D eigenvalue weighted by molar-refractivity contribution is 6.11. The highest BCUT2D eigenvalue weighted by atomic mass is 14.7. The Labute approximate surface area is 250 Å². The van der Waals surface area contributed by atoms with E-state index < -0.39 is 5.41 Å². The van der Waals surface area contributed by atoms with Crippen LogP contribution in [0.1, 0.15) is 27.9 Å². The van der Waals surface area contributed by atoms with Crippen molar-refractivity contribution in [3.63, 3.8) is 0 Å². The van der Waals surface area contributed by atoms with E-state index in [-0.39, 0.29) is 0 Å². The van der Waals surface area contributed by atoms with Gasteiger partial charge in [-0.3, -0.25) is 0 Å². The Kier molecular flexibility index (Phi) is 4.92. The number of pyridine rings is 1. The molecular weight excluding hydrogens is 520 g/mol. The molecule has 0 radical (unpaired) electrons. The van der Waals surface area contributed by atoms with E-state index in [1.807, 2.05) is 12.1 Å². The van der Waals surface area contributed by atoms with Crippen molar-refractivity contribution in [1.29, 1.82) is 5.26 Å². The highest BCUT2D eigenvalue weighted by Crippen LogP contribution is 2.64. The third kappa shape index (κ3) is 3.14. The van der Waals surface area contributed by atoms with Gasteiger partial charge < -0.3 is 0 Å². The highest BCUT2D eigenvalue weighted by Gasteiger charge is 2.52. The molecule has 0 aliphatic heterocycles. The summed E-state index contributed by atoms with van der Waals surface area (Å²) in [5.74, 6) is 0. The minimum atomic E-state index is -0.400. The summed E-state index contributed by atoms with van der Waals surface area (Å²) >= 11 is 0. The van der Waals surface area contributed by atoms with Gasteiger partial charge in [-0.1, -0.05) is 115 Å². The van der Waals surface area contributed by atoms with Crippen LogP contribution in [-0.2, 0) is 5.41 Å². The van der Waals surface area contributed by atoms with Gasteiger partial charge in [-0.15, -0.1) is 0 Å². The second-order valence-electron chi connectivity index (χ2n) is 11.4. The van der Waals surface area contributed by atoms with Crippen LogP contribution in [0.2, 0.25) is 0 Å². The van der Waals surface area contributed by atoms with E-state index in [2.05, 4.69) is 138 Å². The first-order valence-electron chi connectivity index (χ1n) is 14.6. The zero-order valence-corrected chi connectivity index (χ0v) is 23.3. The zero-order valence-electron chi connectivity index (χ0n) is 23.3. The zero-order chi connectivity index (χ0) is 28.5. The molecule has 0 fully saturated rings. The van der Waals surface area contributed by atoms with Crippen molar-refractivity contribution in [2.75, 3.05) is 0 Å². The van der Waals surface area contributed by atoms with E-state index in [4.69, 9.17) is 0 Å². The first kappa shape index (κ1) is 23.9. The van der Waals surface area contributed by atoms with Gasteiger partial charge in [0.15, 0.2) is 0 Å².